The molecule has 0 nitrogen and oxygen atoms in total. The Morgan fingerprint density at radius 1 is 0.609 bits per heavy atom. The molecule has 110 valence electrons. The van der Waals surface area contributed by atoms with Crippen molar-refractivity contribution >= 4 is 37.5 Å². The summed E-state index contributed by atoms with van der Waals surface area (Å²) in [6, 6.07) is 24.4. The maximum Gasteiger partial charge on any atom is 0.0260 e. The lowest BCUT2D eigenvalue weighted by Crippen LogP contribution is -2.05. The fraction of sp³-hybridized carbons (Fsp3) is 0.0909. The zero-order valence-corrected chi connectivity index (χ0v) is 14.2. The normalized spacial score (nSPS) is 13.1. The van der Waals surface area contributed by atoms with E-state index in [2.05, 4.69) is 82.7 Å². The van der Waals surface area contributed by atoms with Crippen LogP contribution in [0.15, 0.2) is 71.2 Å². The van der Waals surface area contributed by atoms with Crippen LogP contribution in [0.25, 0.3) is 32.7 Å². The molecule has 0 radical (unpaired) electrons. The van der Waals surface area contributed by atoms with E-state index in [4.69, 9.17) is 0 Å². The third-order valence-corrected chi connectivity index (χ3v) is 5.67. The maximum atomic E-state index is 3.79. The Labute approximate surface area is 143 Å². The summed E-state index contributed by atoms with van der Waals surface area (Å²) >= 11 is 3.79. The molecule has 1 heteroatoms. The van der Waals surface area contributed by atoms with Crippen molar-refractivity contribution < 1.29 is 0 Å². The van der Waals surface area contributed by atoms with Crippen molar-refractivity contribution in [2.45, 2.75) is 12.8 Å². The average Bonchev–Trinajstić information content (AvgIpc) is 2.61. The average molecular weight is 359 g/mol. The van der Waals surface area contributed by atoms with E-state index in [1.165, 1.54) is 48.3 Å². The van der Waals surface area contributed by atoms with Gasteiger partial charge < -0.3 is 0 Å². The Bertz CT molecular complexity index is 1080. The molecule has 4 aromatic carbocycles. The van der Waals surface area contributed by atoms with Crippen molar-refractivity contribution in [3.8, 4) is 11.1 Å². The predicted octanol–water partition coefficient (Wildman–Crippen LogP) is 6.52. The second-order valence-corrected chi connectivity index (χ2v) is 7.11. The molecule has 0 N–H and O–H groups in total. The third kappa shape index (κ3) is 1.90. The van der Waals surface area contributed by atoms with Gasteiger partial charge in [-0.05, 0) is 57.3 Å². The van der Waals surface area contributed by atoms with Crippen LogP contribution in [-0.4, -0.2) is 0 Å². The fourth-order valence-electron chi connectivity index (χ4n) is 3.96. The minimum Gasteiger partial charge on any atom is -0.0616 e. The molecule has 0 amide bonds. The Hall–Kier alpha value is -2.12. The molecule has 0 heterocycles. The fourth-order valence-corrected chi connectivity index (χ4v) is 4.54. The first kappa shape index (κ1) is 13.3. The molecule has 0 spiro atoms. The Morgan fingerprint density at radius 3 is 2.17 bits per heavy atom. The Morgan fingerprint density at radius 2 is 1.30 bits per heavy atom. The molecule has 0 fully saturated rings. The second-order valence-electron chi connectivity index (χ2n) is 6.26. The van der Waals surface area contributed by atoms with Crippen LogP contribution in [0.3, 0.4) is 0 Å². The van der Waals surface area contributed by atoms with Gasteiger partial charge in [0.15, 0.2) is 0 Å². The summed E-state index contributed by atoms with van der Waals surface area (Å²) < 4.78 is 1.19. The van der Waals surface area contributed by atoms with Crippen LogP contribution in [0.4, 0.5) is 0 Å². The van der Waals surface area contributed by atoms with Crippen LogP contribution < -0.4 is 0 Å². The van der Waals surface area contributed by atoms with Gasteiger partial charge in [0.25, 0.3) is 0 Å². The van der Waals surface area contributed by atoms with Crippen LogP contribution in [0.1, 0.15) is 11.1 Å². The summed E-state index contributed by atoms with van der Waals surface area (Å²) in [4.78, 5) is 0. The molecule has 0 saturated carbocycles. The van der Waals surface area contributed by atoms with Gasteiger partial charge in [0.05, 0.1) is 0 Å². The van der Waals surface area contributed by atoms with Crippen molar-refractivity contribution in [2.24, 2.45) is 0 Å². The van der Waals surface area contributed by atoms with E-state index in [0.717, 1.165) is 12.8 Å². The van der Waals surface area contributed by atoms with E-state index in [1.807, 2.05) is 0 Å². The highest BCUT2D eigenvalue weighted by Gasteiger charge is 2.21. The lowest BCUT2D eigenvalue weighted by Gasteiger charge is -2.24. The minimum atomic E-state index is 1.12. The molecule has 0 unspecified atom stereocenters. The molecule has 1 aliphatic carbocycles. The monoisotopic (exact) mass is 358 g/mol. The first-order valence-electron chi connectivity index (χ1n) is 8.04. The van der Waals surface area contributed by atoms with Gasteiger partial charge in [-0.15, -0.1) is 0 Å². The van der Waals surface area contributed by atoms with Gasteiger partial charge in [0, 0.05) is 9.86 Å². The van der Waals surface area contributed by atoms with Crippen molar-refractivity contribution in [2.75, 3.05) is 0 Å². The zero-order chi connectivity index (χ0) is 15.4. The summed E-state index contributed by atoms with van der Waals surface area (Å²) in [5, 5.41) is 5.35. The molecule has 0 bridgehead atoms. The highest BCUT2D eigenvalue weighted by molar-refractivity contribution is 9.10. The quantitative estimate of drug-likeness (QED) is 0.335. The number of halogens is 1. The number of benzene rings is 4. The maximum absolute atomic E-state index is 3.79. The van der Waals surface area contributed by atoms with E-state index < -0.39 is 0 Å². The van der Waals surface area contributed by atoms with Crippen LogP contribution in [-0.2, 0) is 12.8 Å². The van der Waals surface area contributed by atoms with Gasteiger partial charge in [-0.25, -0.2) is 0 Å². The van der Waals surface area contributed by atoms with Gasteiger partial charge in [-0.1, -0.05) is 76.6 Å². The number of aryl methyl sites for hydroxylation is 2. The molecular weight excluding hydrogens is 344 g/mol. The third-order valence-electron chi connectivity index (χ3n) is 5.01. The molecule has 5 rings (SSSR count). The molecule has 4 aromatic rings. The number of rotatable bonds is 0. The Kier molecular flexibility index (Phi) is 2.86. The molecule has 0 atom stereocenters. The first-order valence-corrected chi connectivity index (χ1v) is 8.83. The number of hydrogen-bond donors (Lipinski definition) is 0. The van der Waals surface area contributed by atoms with E-state index in [1.54, 1.807) is 0 Å². The second kappa shape index (κ2) is 4.94. The predicted molar refractivity (Wildman–Crippen MR) is 102 cm³/mol. The van der Waals surface area contributed by atoms with Gasteiger partial charge in [0.2, 0.25) is 0 Å². The van der Waals surface area contributed by atoms with Crippen molar-refractivity contribution in [3.63, 3.8) is 0 Å². The summed E-state index contributed by atoms with van der Waals surface area (Å²) in [5.41, 5.74) is 5.79. The van der Waals surface area contributed by atoms with E-state index >= 15 is 0 Å². The molecule has 0 aliphatic heterocycles. The first-order chi connectivity index (χ1) is 11.3. The molecule has 23 heavy (non-hydrogen) atoms. The SMILES string of the molecule is Brc1cccc2ccc3c(c12)-c1c(ccc2ccccc12)CC3. The van der Waals surface area contributed by atoms with Crippen LogP contribution in [0, 0.1) is 0 Å². The van der Waals surface area contributed by atoms with Gasteiger partial charge in [0.1, 0.15) is 0 Å². The molecular formula is C22H15Br. The largest absolute Gasteiger partial charge is 0.0616 e. The van der Waals surface area contributed by atoms with E-state index in [9.17, 15) is 0 Å². The van der Waals surface area contributed by atoms with Crippen molar-refractivity contribution in [1.29, 1.82) is 0 Å². The number of hydrogen-bond acceptors (Lipinski definition) is 0. The van der Waals surface area contributed by atoms with Crippen LogP contribution >= 0.6 is 15.9 Å². The summed E-state index contributed by atoms with van der Waals surface area (Å²) in [6.07, 6.45) is 2.25. The van der Waals surface area contributed by atoms with Crippen LogP contribution in [0.5, 0.6) is 0 Å². The Balaban J connectivity index is 2.02. The van der Waals surface area contributed by atoms with Crippen molar-refractivity contribution in [3.05, 3.63) is 82.3 Å². The lowest BCUT2D eigenvalue weighted by atomic mass is 9.80. The molecule has 0 aromatic heterocycles. The van der Waals surface area contributed by atoms with Gasteiger partial charge in [-0.3, -0.25) is 0 Å². The molecule has 0 saturated heterocycles. The van der Waals surface area contributed by atoms with E-state index in [0.29, 0.717) is 0 Å². The van der Waals surface area contributed by atoms with Crippen molar-refractivity contribution in [1.82, 2.24) is 0 Å². The van der Waals surface area contributed by atoms with E-state index in [-0.39, 0.29) is 0 Å². The summed E-state index contributed by atoms with van der Waals surface area (Å²) in [7, 11) is 0. The minimum absolute atomic E-state index is 1.12. The van der Waals surface area contributed by atoms with Crippen LogP contribution in [0.2, 0.25) is 0 Å². The summed E-state index contributed by atoms with van der Waals surface area (Å²) in [5.74, 6) is 0. The topological polar surface area (TPSA) is 0 Å². The highest BCUT2D eigenvalue weighted by atomic mass is 79.9. The summed E-state index contributed by atoms with van der Waals surface area (Å²) in [6.45, 7) is 0. The smallest absolute Gasteiger partial charge is 0.0260 e. The highest BCUT2D eigenvalue weighted by Crippen LogP contribution is 2.44. The van der Waals surface area contributed by atoms with Gasteiger partial charge in [-0.2, -0.15) is 0 Å². The molecule has 1 aliphatic rings. The standard InChI is InChI=1S/C22H15Br/c23-19-7-3-5-15-10-12-17-13-11-16-9-8-14-4-1-2-6-18(14)20(16)22(17)21(15)19/h1-10,12H,11,13H2. The zero-order valence-electron chi connectivity index (χ0n) is 12.6. The lowest BCUT2D eigenvalue weighted by molar-refractivity contribution is 0.948. The number of fused-ring (bicyclic) bond motifs is 7. The van der Waals surface area contributed by atoms with Gasteiger partial charge >= 0.3 is 0 Å².